The molecule has 2 aromatic rings. The van der Waals surface area contributed by atoms with Crippen molar-refractivity contribution >= 4 is 17.7 Å². The molecule has 192 valence electrons. The lowest BCUT2D eigenvalue weighted by Crippen LogP contribution is -2.48. The Labute approximate surface area is 215 Å². The van der Waals surface area contributed by atoms with Gasteiger partial charge in [0.2, 0.25) is 17.7 Å². The summed E-state index contributed by atoms with van der Waals surface area (Å²) >= 11 is 0. The number of carbonyl (C=O) groups excluding carboxylic acids is 3. The molecule has 3 amide bonds. The fourth-order valence-corrected chi connectivity index (χ4v) is 5.72. The fourth-order valence-electron chi connectivity index (χ4n) is 5.72. The zero-order valence-electron chi connectivity index (χ0n) is 21.7. The summed E-state index contributed by atoms with van der Waals surface area (Å²) in [4.78, 5) is 42.0. The van der Waals surface area contributed by atoms with Crippen LogP contribution in [-0.2, 0) is 20.8 Å². The summed E-state index contributed by atoms with van der Waals surface area (Å²) in [6, 6.07) is 18.8. The van der Waals surface area contributed by atoms with E-state index in [1.807, 2.05) is 41.8 Å². The fraction of sp³-hybridized carbons (Fsp3) is 0.500. The number of benzene rings is 2. The minimum absolute atomic E-state index is 0.0613. The minimum atomic E-state index is -0.396. The molecule has 4 rings (SSSR count). The average Bonchev–Trinajstić information content (AvgIpc) is 3.29. The van der Waals surface area contributed by atoms with Crippen LogP contribution in [0.4, 0.5) is 0 Å². The van der Waals surface area contributed by atoms with Crippen LogP contribution in [0.2, 0.25) is 0 Å². The van der Waals surface area contributed by atoms with E-state index in [-0.39, 0.29) is 23.6 Å². The van der Waals surface area contributed by atoms with Crippen LogP contribution in [0.1, 0.15) is 57.9 Å². The van der Waals surface area contributed by atoms with Gasteiger partial charge in [0, 0.05) is 44.6 Å². The van der Waals surface area contributed by atoms with Crippen molar-refractivity contribution in [2.45, 2.75) is 64.3 Å². The maximum Gasteiger partial charge on any atom is 0.227 e. The number of rotatable bonds is 9. The first-order valence-corrected chi connectivity index (χ1v) is 13.4. The van der Waals surface area contributed by atoms with Gasteiger partial charge >= 0.3 is 0 Å². The number of amides is 3. The van der Waals surface area contributed by atoms with Gasteiger partial charge in [-0.3, -0.25) is 14.4 Å². The highest BCUT2D eigenvalue weighted by molar-refractivity contribution is 5.82. The maximum atomic E-state index is 13.2. The molecule has 0 bridgehead atoms. The van der Waals surface area contributed by atoms with Gasteiger partial charge in [-0.05, 0) is 62.6 Å². The first-order chi connectivity index (χ1) is 17.4. The molecule has 0 saturated carbocycles. The van der Waals surface area contributed by atoms with E-state index >= 15 is 0 Å². The van der Waals surface area contributed by atoms with Gasteiger partial charge in [-0.25, -0.2) is 0 Å². The summed E-state index contributed by atoms with van der Waals surface area (Å²) in [5.41, 5.74) is 3.11. The zero-order valence-corrected chi connectivity index (χ0v) is 21.7. The molecule has 0 radical (unpaired) electrons. The highest BCUT2D eigenvalue weighted by atomic mass is 16.2. The Kier molecular flexibility index (Phi) is 8.44. The van der Waals surface area contributed by atoms with Crippen molar-refractivity contribution in [2.75, 3.05) is 26.2 Å². The van der Waals surface area contributed by atoms with Crippen LogP contribution < -0.4 is 5.32 Å². The third-order valence-electron chi connectivity index (χ3n) is 7.85. The maximum absolute atomic E-state index is 13.2. The monoisotopic (exact) mass is 489 g/mol. The summed E-state index contributed by atoms with van der Waals surface area (Å²) < 4.78 is 0. The van der Waals surface area contributed by atoms with E-state index in [9.17, 15) is 14.4 Å². The van der Waals surface area contributed by atoms with Crippen molar-refractivity contribution in [2.24, 2.45) is 5.92 Å². The van der Waals surface area contributed by atoms with Gasteiger partial charge in [0.05, 0.1) is 5.92 Å². The van der Waals surface area contributed by atoms with Gasteiger partial charge in [0.25, 0.3) is 0 Å². The van der Waals surface area contributed by atoms with Gasteiger partial charge in [0.1, 0.15) is 0 Å². The van der Waals surface area contributed by atoms with E-state index in [0.29, 0.717) is 51.9 Å². The zero-order chi connectivity index (χ0) is 25.5. The molecular weight excluding hydrogens is 450 g/mol. The number of likely N-dealkylation sites (tertiary alicyclic amines) is 1. The Morgan fingerprint density at radius 2 is 1.72 bits per heavy atom. The Morgan fingerprint density at radius 1 is 1.03 bits per heavy atom. The summed E-state index contributed by atoms with van der Waals surface area (Å²) in [6.07, 6.45) is 4.65. The van der Waals surface area contributed by atoms with Crippen LogP contribution >= 0.6 is 0 Å². The third-order valence-corrected chi connectivity index (χ3v) is 7.85. The van der Waals surface area contributed by atoms with E-state index in [4.69, 9.17) is 0 Å². The van der Waals surface area contributed by atoms with Crippen molar-refractivity contribution in [1.29, 1.82) is 0 Å². The molecule has 6 nitrogen and oxygen atoms in total. The second kappa shape index (κ2) is 11.7. The van der Waals surface area contributed by atoms with Crippen molar-refractivity contribution in [3.63, 3.8) is 0 Å². The van der Waals surface area contributed by atoms with E-state index in [2.05, 4.69) is 41.7 Å². The molecule has 2 heterocycles. The van der Waals surface area contributed by atoms with Gasteiger partial charge in [-0.1, -0.05) is 54.6 Å². The second-order valence-electron chi connectivity index (χ2n) is 10.3. The van der Waals surface area contributed by atoms with Crippen LogP contribution in [0.25, 0.3) is 11.1 Å². The third kappa shape index (κ3) is 6.15. The summed E-state index contributed by atoms with van der Waals surface area (Å²) in [5.74, 6) is 0.208. The summed E-state index contributed by atoms with van der Waals surface area (Å²) in [7, 11) is 0. The molecule has 2 aliphatic heterocycles. The number of carbonyl (C=O) groups is 3. The minimum Gasteiger partial charge on any atom is -0.350 e. The first kappa shape index (κ1) is 25.9. The van der Waals surface area contributed by atoms with E-state index < -0.39 is 5.54 Å². The predicted octanol–water partition coefficient (Wildman–Crippen LogP) is 4.43. The highest BCUT2D eigenvalue weighted by Gasteiger charge is 2.39. The van der Waals surface area contributed by atoms with Crippen LogP contribution in [0.5, 0.6) is 0 Å². The van der Waals surface area contributed by atoms with Gasteiger partial charge in [-0.15, -0.1) is 0 Å². The topological polar surface area (TPSA) is 69.7 Å². The summed E-state index contributed by atoms with van der Waals surface area (Å²) in [6.45, 7) is 6.62. The van der Waals surface area contributed by atoms with Crippen LogP contribution in [-0.4, -0.2) is 59.2 Å². The number of nitrogens with zero attached hydrogens (tertiary/aromatic N) is 2. The van der Waals surface area contributed by atoms with Gasteiger partial charge in [0.15, 0.2) is 0 Å². The number of piperidine rings is 1. The standard InChI is InChI=1S/C30H39N3O3/c1-3-32(4-2)29(36)26-11-8-20-33(22-26)28(35)17-19-30(18-16-27(34)31-30)21-23-12-14-25(15-13-23)24-9-6-5-7-10-24/h5-7,9-10,12-15,26H,3-4,8,11,16-22H2,1-2H3,(H,31,34). The Hall–Kier alpha value is -3.15. The predicted molar refractivity (Wildman–Crippen MR) is 142 cm³/mol. The van der Waals surface area contributed by atoms with Gasteiger partial charge < -0.3 is 15.1 Å². The van der Waals surface area contributed by atoms with Crippen LogP contribution in [0.15, 0.2) is 54.6 Å². The molecule has 6 heteroatoms. The number of hydrogen-bond donors (Lipinski definition) is 1. The quantitative estimate of drug-likeness (QED) is 0.567. The number of nitrogens with one attached hydrogen (secondary N) is 1. The average molecular weight is 490 g/mol. The molecular formula is C30H39N3O3. The lowest BCUT2D eigenvalue weighted by atomic mass is 9.84. The van der Waals surface area contributed by atoms with Crippen molar-refractivity contribution < 1.29 is 14.4 Å². The molecule has 0 aromatic heterocycles. The lowest BCUT2D eigenvalue weighted by molar-refractivity contribution is -0.141. The van der Waals surface area contributed by atoms with Crippen molar-refractivity contribution in [3.05, 3.63) is 60.2 Å². The molecule has 2 atom stereocenters. The Bertz CT molecular complexity index is 1050. The van der Waals surface area contributed by atoms with Gasteiger partial charge in [-0.2, -0.15) is 0 Å². The Morgan fingerprint density at radius 3 is 2.36 bits per heavy atom. The molecule has 2 aromatic carbocycles. The molecule has 36 heavy (non-hydrogen) atoms. The molecule has 0 aliphatic carbocycles. The van der Waals surface area contributed by atoms with E-state index in [1.54, 1.807) is 0 Å². The second-order valence-corrected chi connectivity index (χ2v) is 10.3. The van der Waals surface area contributed by atoms with E-state index in [0.717, 1.165) is 30.4 Å². The SMILES string of the molecule is CCN(CC)C(=O)C1CCCN(C(=O)CCC2(Cc3ccc(-c4ccccc4)cc3)CCC(=O)N2)C1. The highest BCUT2D eigenvalue weighted by Crippen LogP contribution is 2.31. The number of hydrogen-bond acceptors (Lipinski definition) is 3. The first-order valence-electron chi connectivity index (χ1n) is 13.4. The molecule has 2 saturated heterocycles. The molecule has 2 unspecified atom stereocenters. The largest absolute Gasteiger partial charge is 0.350 e. The summed E-state index contributed by atoms with van der Waals surface area (Å²) in [5, 5.41) is 3.21. The molecule has 1 N–H and O–H groups in total. The molecule has 2 aliphatic rings. The van der Waals surface area contributed by atoms with Crippen LogP contribution in [0, 0.1) is 5.92 Å². The normalized spacial score (nSPS) is 21.8. The van der Waals surface area contributed by atoms with Crippen LogP contribution in [0.3, 0.4) is 0 Å². The molecule has 2 fully saturated rings. The lowest BCUT2D eigenvalue weighted by Gasteiger charge is -2.35. The smallest absolute Gasteiger partial charge is 0.227 e. The van der Waals surface area contributed by atoms with Crippen molar-refractivity contribution in [3.8, 4) is 11.1 Å². The molecule has 0 spiro atoms. The van der Waals surface area contributed by atoms with Crippen molar-refractivity contribution in [1.82, 2.24) is 15.1 Å². The Balaban J connectivity index is 1.38. The van der Waals surface area contributed by atoms with E-state index in [1.165, 1.54) is 5.56 Å².